The van der Waals surface area contributed by atoms with Crippen molar-refractivity contribution in [3.05, 3.63) is 35.6 Å². The van der Waals surface area contributed by atoms with Crippen LogP contribution in [-0.4, -0.2) is 30.4 Å². The molecule has 0 spiro atoms. The van der Waals surface area contributed by atoms with Crippen LogP contribution < -0.4 is 5.73 Å². The minimum atomic E-state index is -0.381. The Balaban J connectivity index is 2.65. The molecule has 3 nitrogen and oxygen atoms in total. The average molecular weight is 238 g/mol. The predicted octanol–water partition coefficient (Wildman–Crippen LogP) is 2.03. The van der Waals surface area contributed by atoms with Gasteiger partial charge in [0.1, 0.15) is 5.82 Å². The monoisotopic (exact) mass is 238 g/mol. The van der Waals surface area contributed by atoms with Crippen LogP contribution in [0.25, 0.3) is 0 Å². The van der Waals surface area contributed by atoms with Gasteiger partial charge in [0, 0.05) is 18.7 Å². The molecule has 0 fully saturated rings. The molecule has 0 radical (unpaired) electrons. The zero-order chi connectivity index (χ0) is 12.7. The molecule has 0 aliphatic rings. The summed E-state index contributed by atoms with van der Waals surface area (Å²) in [4.78, 5) is 13.8. The Hall–Kier alpha value is -1.42. The number of nitrogens with zero attached hydrogens (tertiary/aromatic N) is 1. The lowest BCUT2D eigenvalue weighted by molar-refractivity contribution is 0.0761. The van der Waals surface area contributed by atoms with E-state index in [1.54, 1.807) is 17.0 Å². The summed E-state index contributed by atoms with van der Waals surface area (Å²) < 4.78 is 13.0. The smallest absolute Gasteiger partial charge is 0.253 e. The maximum Gasteiger partial charge on any atom is 0.253 e. The van der Waals surface area contributed by atoms with Crippen LogP contribution >= 0.6 is 0 Å². The van der Waals surface area contributed by atoms with E-state index in [0.29, 0.717) is 25.2 Å². The number of unbranched alkanes of at least 4 members (excludes halogenated alkanes) is 1. The van der Waals surface area contributed by atoms with E-state index in [2.05, 4.69) is 0 Å². The van der Waals surface area contributed by atoms with Crippen molar-refractivity contribution in [1.29, 1.82) is 0 Å². The van der Waals surface area contributed by atoms with Crippen molar-refractivity contribution in [2.75, 3.05) is 19.6 Å². The fourth-order valence-corrected chi connectivity index (χ4v) is 1.65. The van der Waals surface area contributed by atoms with Gasteiger partial charge in [0.05, 0.1) is 0 Å². The van der Waals surface area contributed by atoms with Crippen LogP contribution in [0, 0.1) is 5.82 Å². The SMILES string of the molecule is CCN(CCCCN)C(=O)c1cccc(F)c1. The van der Waals surface area contributed by atoms with Crippen LogP contribution in [-0.2, 0) is 0 Å². The van der Waals surface area contributed by atoms with Crippen molar-refractivity contribution in [2.24, 2.45) is 5.73 Å². The number of benzene rings is 1. The van der Waals surface area contributed by atoms with Gasteiger partial charge in [-0.15, -0.1) is 0 Å². The van der Waals surface area contributed by atoms with Crippen LogP contribution in [0.3, 0.4) is 0 Å². The molecular formula is C13H19FN2O. The first-order valence-corrected chi connectivity index (χ1v) is 5.94. The lowest BCUT2D eigenvalue weighted by atomic mass is 10.2. The zero-order valence-corrected chi connectivity index (χ0v) is 10.2. The predicted molar refractivity (Wildman–Crippen MR) is 66.3 cm³/mol. The van der Waals surface area contributed by atoms with Crippen molar-refractivity contribution in [2.45, 2.75) is 19.8 Å². The topological polar surface area (TPSA) is 46.3 Å². The van der Waals surface area contributed by atoms with Gasteiger partial charge in [0.25, 0.3) is 5.91 Å². The Kier molecular flexibility index (Phi) is 5.63. The van der Waals surface area contributed by atoms with E-state index in [0.717, 1.165) is 12.8 Å². The molecule has 0 atom stereocenters. The minimum absolute atomic E-state index is 0.121. The average Bonchev–Trinajstić information content (AvgIpc) is 2.34. The number of nitrogens with two attached hydrogens (primary N) is 1. The molecule has 0 bridgehead atoms. The van der Waals surface area contributed by atoms with E-state index in [1.807, 2.05) is 6.92 Å². The van der Waals surface area contributed by atoms with Gasteiger partial charge in [-0.3, -0.25) is 4.79 Å². The van der Waals surface area contributed by atoms with Crippen molar-refractivity contribution >= 4 is 5.91 Å². The number of hydrogen-bond donors (Lipinski definition) is 1. The van der Waals surface area contributed by atoms with Crippen LogP contribution in [0.15, 0.2) is 24.3 Å². The van der Waals surface area contributed by atoms with Gasteiger partial charge < -0.3 is 10.6 Å². The van der Waals surface area contributed by atoms with Crippen molar-refractivity contribution in [1.82, 2.24) is 4.90 Å². The summed E-state index contributed by atoms with van der Waals surface area (Å²) in [5.41, 5.74) is 5.81. The molecule has 0 aliphatic heterocycles. The molecule has 0 saturated heterocycles. The Morgan fingerprint density at radius 3 is 2.76 bits per heavy atom. The Labute approximate surface area is 101 Å². The first-order valence-electron chi connectivity index (χ1n) is 5.94. The van der Waals surface area contributed by atoms with Crippen LogP contribution in [0.2, 0.25) is 0 Å². The Morgan fingerprint density at radius 1 is 1.41 bits per heavy atom. The summed E-state index contributed by atoms with van der Waals surface area (Å²) >= 11 is 0. The van der Waals surface area contributed by atoms with Gasteiger partial charge in [-0.25, -0.2) is 4.39 Å². The van der Waals surface area contributed by atoms with Gasteiger partial charge in [0.2, 0.25) is 0 Å². The zero-order valence-electron chi connectivity index (χ0n) is 10.2. The highest BCUT2D eigenvalue weighted by Crippen LogP contribution is 2.08. The molecule has 0 saturated carbocycles. The summed E-state index contributed by atoms with van der Waals surface area (Å²) in [5, 5.41) is 0. The molecule has 1 amide bonds. The first kappa shape index (κ1) is 13.6. The highest BCUT2D eigenvalue weighted by atomic mass is 19.1. The van der Waals surface area contributed by atoms with Gasteiger partial charge in [-0.1, -0.05) is 6.07 Å². The van der Waals surface area contributed by atoms with Crippen LogP contribution in [0.5, 0.6) is 0 Å². The molecule has 94 valence electrons. The van der Waals surface area contributed by atoms with E-state index in [4.69, 9.17) is 5.73 Å². The molecule has 17 heavy (non-hydrogen) atoms. The van der Waals surface area contributed by atoms with Gasteiger partial charge in [-0.05, 0) is 44.5 Å². The van der Waals surface area contributed by atoms with Crippen LogP contribution in [0.4, 0.5) is 4.39 Å². The maximum atomic E-state index is 13.0. The van der Waals surface area contributed by atoms with E-state index in [9.17, 15) is 9.18 Å². The summed E-state index contributed by atoms with van der Waals surface area (Å²) in [6.45, 7) is 3.84. The third-order valence-electron chi connectivity index (χ3n) is 2.62. The second kappa shape index (κ2) is 7.01. The molecule has 2 N–H and O–H groups in total. The molecular weight excluding hydrogens is 219 g/mol. The van der Waals surface area contributed by atoms with E-state index < -0.39 is 0 Å². The fraction of sp³-hybridized carbons (Fsp3) is 0.462. The normalized spacial score (nSPS) is 10.3. The second-order valence-electron chi connectivity index (χ2n) is 3.89. The largest absolute Gasteiger partial charge is 0.339 e. The molecule has 4 heteroatoms. The van der Waals surface area contributed by atoms with Gasteiger partial charge in [-0.2, -0.15) is 0 Å². The lowest BCUT2D eigenvalue weighted by Crippen LogP contribution is -2.32. The number of hydrogen-bond acceptors (Lipinski definition) is 2. The van der Waals surface area contributed by atoms with E-state index >= 15 is 0 Å². The number of carbonyl (C=O) groups is 1. The third kappa shape index (κ3) is 4.15. The highest BCUT2D eigenvalue weighted by Gasteiger charge is 2.13. The third-order valence-corrected chi connectivity index (χ3v) is 2.62. The Morgan fingerprint density at radius 2 is 2.18 bits per heavy atom. The second-order valence-corrected chi connectivity index (χ2v) is 3.89. The lowest BCUT2D eigenvalue weighted by Gasteiger charge is -2.20. The molecule has 1 aromatic rings. The minimum Gasteiger partial charge on any atom is -0.339 e. The Bertz CT molecular complexity index is 368. The van der Waals surface area contributed by atoms with Gasteiger partial charge >= 0.3 is 0 Å². The van der Waals surface area contributed by atoms with Crippen LogP contribution in [0.1, 0.15) is 30.1 Å². The number of rotatable bonds is 6. The van der Waals surface area contributed by atoms with Gasteiger partial charge in [0.15, 0.2) is 0 Å². The molecule has 1 rings (SSSR count). The molecule has 0 unspecified atom stereocenters. The van der Waals surface area contributed by atoms with Crippen molar-refractivity contribution in [3.63, 3.8) is 0 Å². The van der Waals surface area contributed by atoms with E-state index in [-0.39, 0.29) is 11.7 Å². The van der Waals surface area contributed by atoms with Crippen molar-refractivity contribution < 1.29 is 9.18 Å². The number of halogens is 1. The van der Waals surface area contributed by atoms with E-state index in [1.165, 1.54) is 12.1 Å². The summed E-state index contributed by atoms with van der Waals surface area (Å²) in [7, 11) is 0. The fourth-order valence-electron chi connectivity index (χ4n) is 1.65. The first-order chi connectivity index (χ1) is 8.19. The molecule has 1 aromatic carbocycles. The highest BCUT2D eigenvalue weighted by molar-refractivity contribution is 5.94. The summed E-state index contributed by atoms with van der Waals surface area (Å²) in [6.07, 6.45) is 1.78. The number of carbonyl (C=O) groups excluding carboxylic acids is 1. The molecule has 0 aromatic heterocycles. The van der Waals surface area contributed by atoms with Crippen molar-refractivity contribution in [3.8, 4) is 0 Å². The number of amides is 1. The quantitative estimate of drug-likeness (QED) is 0.771. The summed E-state index contributed by atoms with van der Waals surface area (Å²) in [5.74, 6) is -0.502. The maximum absolute atomic E-state index is 13.0. The molecule has 0 heterocycles. The summed E-state index contributed by atoms with van der Waals surface area (Å²) in [6, 6.07) is 5.79. The molecule has 0 aliphatic carbocycles. The standard InChI is InChI=1S/C13H19FN2O/c1-2-16(9-4-3-8-15)13(17)11-6-5-7-12(14)10-11/h5-7,10H,2-4,8-9,15H2,1H3.